The molecule has 0 aromatic heterocycles. The standard InChI is InChI=1S/C24H39N3/c25-23-15-9-14-22(24(23)26)18-16-20-12-8-13-21(17-18)27(20)19-10-6-4-2-1-3-5-7-11-19/h9,14-15,18-21H,1-8,10-13,16-17,25-26H2/t18-,20-,21+. The van der Waals surface area contributed by atoms with Gasteiger partial charge in [-0.2, -0.15) is 0 Å². The van der Waals surface area contributed by atoms with Crippen LogP contribution in [0.5, 0.6) is 0 Å². The predicted octanol–water partition coefficient (Wildman–Crippen LogP) is 5.84. The van der Waals surface area contributed by atoms with Crippen molar-refractivity contribution in [2.45, 2.75) is 114 Å². The van der Waals surface area contributed by atoms with E-state index in [9.17, 15) is 0 Å². The fourth-order valence-electron chi connectivity index (χ4n) is 6.31. The van der Waals surface area contributed by atoms with Crippen LogP contribution in [0.4, 0.5) is 11.4 Å². The summed E-state index contributed by atoms with van der Waals surface area (Å²) in [7, 11) is 0. The van der Waals surface area contributed by atoms with Crippen LogP contribution in [0.1, 0.15) is 101 Å². The Hall–Kier alpha value is -1.22. The van der Waals surface area contributed by atoms with E-state index in [1.54, 1.807) is 0 Å². The van der Waals surface area contributed by atoms with Gasteiger partial charge in [-0.25, -0.2) is 0 Å². The summed E-state index contributed by atoms with van der Waals surface area (Å²) in [5, 5.41) is 0. The highest BCUT2D eigenvalue weighted by molar-refractivity contribution is 5.68. The molecule has 3 atom stereocenters. The molecule has 0 unspecified atom stereocenters. The van der Waals surface area contributed by atoms with Gasteiger partial charge in [0.05, 0.1) is 11.4 Å². The fourth-order valence-corrected chi connectivity index (χ4v) is 6.31. The maximum absolute atomic E-state index is 6.37. The monoisotopic (exact) mass is 369 g/mol. The van der Waals surface area contributed by atoms with Gasteiger partial charge < -0.3 is 11.5 Å². The molecule has 1 aliphatic carbocycles. The van der Waals surface area contributed by atoms with E-state index in [0.717, 1.165) is 29.5 Å². The van der Waals surface area contributed by atoms with Crippen molar-refractivity contribution < 1.29 is 0 Å². The van der Waals surface area contributed by atoms with Crippen LogP contribution in [0.15, 0.2) is 18.2 Å². The second-order valence-electron chi connectivity index (χ2n) is 9.41. The summed E-state index contributed by atoms with van der Waals surface area (Å²) >= 11 is 0. The number of nitrogen functional groups attached to an aromatic ring is 2. The van der Waals surface area contributed by atoms with Crippen LogP contribution >= 0.6 is 0 Å². The van der Waals surface area contributed by atoms with E-state index in [2.05, 4.69) is 17.0 Å². The average Bonchev–Trinajstić information content (AvgIpc) is 2.67. The molecule has 2 saturated heterocycles. The molecule has 1 saturated carbocycles. The van der Waals surface area contributed by atoms with Gasteiger partial charge in [-0.1, -0.05) is 63.5 Å². The third kappa shape index (κ3) is 4.29. The van der Waals surface area contributed by atoms with Crippen molar-refractivity contribution in [1.82, 2.24) is 4.90 Å². The van der Waals surface area contributed by atoms with Crippen LogP contribution in [0.25, 0.3) is 0 Å². The van der Waals surface area contributed by atoms with Gasteiger partial charge in [-0.05, 0) is 56.1 Å². The molecule has 3 aliphatic rings. The Balaban J connectivity index is 1.50. The van der Waals surface area contributed by atoms with E-state index in [4.69, 9.17) is 11.5 Å². The summed E-state index contributed by atoms with van der Waals surface area (Å²) in [6, 6.07) is 8.61. The first-order valence-electron chi connectivity index (χ1n) is 11.7. The number of piperidine rings is 2. The third-order valence-electron chi connectivity index (χ3n) is 7.64. The number of para-hydroxylation sites is 1. The first-order chi connectivity index (χ1) is 13.2. The predicted molar refractivity (Wildman–Crippen MR) is 116 cm³/mol. The lowest BCUT2D eigenvalue weighted by molar-refractivity contribution is -0.0139. The molecular formula is C24H39N3. The van der Waals surface area contributed by atoms with Crippen molar-refractivity contribution in [2.24, 2.45) is 0 Å². The van der Waals surface area contributed by atoms with Gasteiger partial charge in [-0.15, -0.1) is 0 Å². The molecule has 3 heteroatoms. The molecule has 1 aromatic rings. The molecule has 150 valence electrons. The Kier molecular flexibility index (Phi) is 6.27. The number of nitrogens with two attached hydrogens (primary N) is 2. The summed E-state index contributed by atoms with van der Waals surface area (Å²) in [4.78, 5) is 3.00. The second-order valence-corrected chi connectivity index (χ2v) is 9.41. The lowest BCUT2D eigenvalue weighted by atomic mass is 9.74. The SMILES string of the molecule is Nc1cccc([C@@H]2C[C@H]3CCC[C@@H](C2)N3C2CCCCCCCCC2)c1N. The number of fused-ring (bicyclic) bond motifs is 2. The number of anilines is 2. The highest BCUT2D eigenvalue weighted by Gasteiger charge is 2.41. The van der Waals surface area contributed by atoms with Crippen LogP contribution in [0, 0.1) is 0 Å². The lowest BCUT2D eigenvalue weighted by Crippen LogP contribution is -2.56. The molecule has 2 aliphatic heterocycles. The van der Waals surface area contributed by atoms with Gasteiger partial charge in [0, 0.05) is 18.1 Å². The van der Waals surface area contributed by atoms with Gasteiger partial charge in [0.2, 0.25) is 0 Å². The first kappa shape index (κ1) is 19.1. The number of hydrogen-bond acceptors (Lipinski definition) is 3. The van der Waals surface area contributed by atoms with Gasteiger partial charge in [0.15, 0.2) is 0 Å². The molecule has 1 aromatic carbocycles. The zero-order valence-corrected chi connectivity index (χ0v) is 17.0. The summed E-state index contributed by atoms with van der Waals surface area (Å²) in [5.41, 5.74) is 15.4. The second kappa shape index (κ2) is 8.86. The average molecular weight is 370 g/mol. The Bertz CT molecular complexity index is 590. The van der Waals surface area contributed by atoms with Crippen LogP contribution in [0.3, 0.4) is 0 Å². The fraction of sp³-hybridized carbons (Fsp3) is 0.750. The molecule has 2 bridgehead atoms. The molecule has 3 fully saturated rings. The third-order valence-corrected chi connectivity index (χ3v) is 7.64. The van der Waals surface area contributed by atoms with E-state index < -0.39 is 0 Å². The highest BCUT2D eigenvalue weighted by atomic mass is 15.2. The highest BCUT2D eigenvalue weighted by Crippen LogP contribution is 2.45. The van der Waals surface area contributed by atoms with Gasteiger partial charge in [0.1, 0.15) is 0 Å². The molecule has 4 N–H and O–H groups in total. The molecule has 2 heterocycles. The van der Waals surface area contributed by atoms with Crippen molar-refractivity contribution in [3.8, 4) is 0 Å². The maximum Gasteiger partial charge on any atom is 0.0583 e. The lowest BCUT2D eigenvalue weighted by Gasteiger charge is -2.53. The normalized spacial score (nSPS) is 31.5. The molecule has 3 nitrogen and oxygen atoms in total. The Labute approximate surface area is 165 Å². The van der Waals surface area contributed by atoms with E-state index in [0.29, 0.717) is 5.92 Å². The van der Waals surface area contributed by atoms with Crippen molar-refractivity contribution in [1.29, 1.82) is 0 Å². The van der Waals surface area contributed by atoms with Gasteiger partial charge in [0.25, 0.3) is 0 Å². The zero-order valence-electron chi connectivity index (χ0n) is 17.0. The smallest absolute Gasteiger partial charge is 0.0583 e. The molecule has 0 radical (unpaired) electrons. The van der Waals surface area contributed by atoms with Gasteiger partial charge >= 0.3 is 0 Å². The molecule has 0 amide bonds. The van der Waals surface area contributed by atoms with E-state index in [1.807, 2.05) is 6.07 Å². The van der Waals surface area contributed by atoms with E-state index >= 15 is 0 Å². The van der Waals surface area contributed by atoms with E-state index in [1.165, 1.54) is 95.5 Å². The van der Waals surface area contributed by atoms with Gasteiger partial charge in [-0.3, -0.25) is 4.90 Å². The quantitative estimate of drug-likeness (QED) is 0.643. The summed E-state index contributed by atoms with van der Waals surface area (Å²) in [5.74, 6) is 0.597. The van der Waals surface area contributed by atoms with Crippen LogP contribution in [-0.2, 0) is 0 Å². The van der Waals surface area contributed by atoms with Crippen molar-refractivity contribution in [3.05, 3.63) is 23.8 Å². The Morgan fingerprint density at radius 1 is 0.667 bits per heavy atom. The van der Waals surface area contributed by atoms with Crippen molar-refractivity contribution >= 4 is 11.4 Å². The number of hydrogen-bond donors (Lipinski definition) is 2. The van der Waals surface area contributed by atoms with Crippen molar-refractivity contribution in [3.63, 3.8) is 0 Å². The van der Waals surface area contributed by atoms with Crippen molar-refractivity contribution in [2.75, 3.05) is 11.5 Å². The molecular weight excluding hydrogens is 330 g/mol. The summed E-state index contributed by atoms with van der Waals surface area (Å²) in [6.45, 7) is 0. The largest absolute Gasteiger partial charge is 0.397 e. The minimum Gasteiger partial charge on any atom is -0.397 e. The summed E-state index contributed by atoms with van der Waals surface area (Å²) in [6.07, 6.45) is 19.7. The van der Waals surface area contributed by atoms with E-state index in [-0.39, 0.29) is 0 Å². The molecule has 0 spiro atoms. The van der Waals surface area contributed by atoms with Crippen LogP contribution in [-0.4, -0.2) is 23.0 Å². The number of benzene rings is 1. The summed E-state index contributed by atoms with van der Waals surface area (Å²) < 4.78 is 0. The number of nitrogens with zero attached hydrogens (tertiary/aromatic N) is 1. The number of rotatable bonds is 2. The minimum absolute atomic E-state index is 0.597. The minimum atomic E-state index is 0.597. The van der Waals surface area contributed by atoms with Crippen LogP contribution in [0.2, 0.25) is 0 Å². The maximum atomic E-state index is 6.37. The zero-order chi connectivity index (χ0) is 18.6. The first-order valence-corrected chi connectivity index (χ1v) is 11.7. The molecule has 27 heavy (non-hydrogen) atoms. The Morgan fingerprint density at radius 2 is 1.22 bits per heavy atom. The Morgan fingerprint density at radius 3 is 1.85 bits per heavy atom. The topological polar surface area (TPSA) is 55.3 Å². The van der Waals surface area contributed by atoms with Crippen LogP contribution < -0.4 is 11.5 Å². The molecule has 4 rings (SSSR count).